The molecule has 1 N–H and O–H groups in total. The van der Waals surface area contributed by atoms with E-state index in [9.17, 15) is 4.79 Å². The zero-order valence-electron chi connectivity index (χ0n) is 13.5. The number of fused-ring (bicyclic) bond motifs is 1. The van der Waals surface area contributed by atoms with Crippen molar-refractivity contribution >= 4 is 28.7 Å². The second-order valence-electron chi connectivity index (χ2n) is 6.01. The molecule has 0 atom stereocenters. The number of halogens is 1. The molecule has 0 saturated heterocycles. The standard InChI is InChI=1S/C17H18ClN5O/c1-11(2)9-23-10-22-15-5-12(6-20-16(15)23)17(24)21-8-14-4-3-13(18)7-19-14/h3-7,10-11H,8-9H2,1-2H3,(H,21,24). The smallest absolute Gasteiger partial charge is 0.253 e. The molecular weight excluding hydrogens is 326 g/mol. The predicted molar refractivity (Wildman–Crippen MR) is 92.8 cm³/mol. The van der Waals surface area contributed by atoms with Crippen molar-refractivity contribution in [2.24, 2.45) is 5.92 Å². The molecule has 3 aromatic rings. The number of rotatable bonds is 5. The molecule has 3 aromatic heterocycles. The Hall–Kier alpha value is -2.47. The van der Waals surface area contributed by atoms with Crippen molar-refractivity contribution in [1.82, 2.24) is 24.8 Å². The fourth-order valence-corrected chi connectivity index (χ4v) is 2.50. The van der Waals surface area contributed by atoms with Crippen LogP contribution in [0.1, 0.15) is 29.9 Å². The van der Waals surface area contributed by atoms with Gasteiger partial charge in [-0.15, -0.1) is 0 Å². The van der Waals surface area contributed by atoms with Gasteiger partial charge in [0.15, 0.2) is 5.65 Å². The molecule has 3 rings (SSSR count). The third-order valence-corrected chi connectivity index (χ3v) is 3.72. The van der Waals surface area contributed by atoms with Crippen LogP contribution in [0, 0.1) is 5.92 Å². The van der Waals surface area contributed by atoms with Crippen molar-refractivity contribution in [2.75, 3.05) is 0 Å². The Kier molecular flexibility index (Phi) is 4.76. The van der Waals surface area contributed by atoms with Crippen LogP contribution in [0.4, 0.5) is 0 Å². The molecule has 0 fully saturated rings. The molecule has 0 bridgehead atoms. The number of hydrogen-bond acceptors (Lipinski definition) is 4. The number of hydrogen-bond donors (Lipinski definition) is 1. The molecule has 6 nitrogen and oxygen atoms in total. The predicted octanol–water partition coefficient (Wildman–Crippen LogP) is 3.07. The van der Waals surface area contributed by atoms with Gasteiger partial charge in [0.05, 0.1) is 29.2 Å². The number of carbonyl (C=O) groups is 1. The third kappa shape index (κ3) is 3.71. The lowest BCUT2D eigenvalue weighted by molar-refractivity contribution is 0.0950. The summed E-state index contributed by atoms with van der Waals surface area (Å²) in [6.45, 7) is 5.45. The van der Waals surface area contributed by atoms with Gasteiger partial charge in [0, 0.05) is 18.9 Å². The fourth-order valence-electron chi connectivity index (χ4n) is 2.38. The lowest BCUT2D eigenvalue weighted by Gasteiger charge is -2.07. The van der Waals surface area contributed by atoms with E-state index in [1.165, 1.54) is 0 Å². The van der Waals surface area contributed by atoms with Gasteiger partial charge >= 0.3 is 0 Å². The summed E-state index contributed by atoms with van der Waals surface area (Å²) in [5.41, 5.74) is 2.72. The highest BCUT2D eigenvalue weighted by Gasteiger charge is 2.11. The quantitative estimate of drug-likeness (QED) is 0.772. The Labute approximate surface area is 144 Å². The summed E-state index contributed by atoms with van der Waals surface area (Å²) in [7, 11) is 0. The van der Waals surface area contributed by atoms with E-state index in [0.29, 0.717) is 28.6 Å². The van der Waals surface area contributed by atoms with E-state index in [4.69, 9.17) is 11.6 Å². The molecule has 0 saturated carbocycles. The molecule has 0 aliphatic rings. The van der Waals surface area contributed by atoms with Crippen LogP contribution in [-0.4, -0.2) is 25.4 Å². The summed E-state index contributed by atoms with van der Waals surface area (Å²) in [4.78, 5) is 25.1. The summed E-state index contributed by atoms with van der Waals surface area (Å²) in [6.07, 6.45) is 4.89. The Morgan fingerprint density at radius 1 is 1.25 bits per heavy atom. The maximum absolute atomic E-state index is 12.3. The van der Waals surface area contributed by atoms with Crippen LogP contribution in [-0.2, 0) is 13.1 Å². The second kappa shape index (κ2) is 6.97. The van der Waals surface area contributed by atoms with E-state index in [-0.39, 0.29) is 5.91 Å². The van der Waals surface area contributed by atoms with E-state index in [0.717, 1.165) is 17.9 Å². The van der Waals surface area contributed by atoms with Crippen LogP contribution < -0.4 is 5.32 Å². The molecule has 3 heterocycles. The van der Waals surface area contributed by atoms with Gasteiger partial charge in [-0.3, -0.25) is 9.78 Å². The SMILES string of the molecule is CC(C)Cn1cnc2cc(C(=O)NCc3ccc(Cl)cn3)cnc21. The van der Waals surface area contributed by atoms with E-state index < -0.39 is 0 Å². The number of aromatic nitrogens is 4. The largest absolute Gasteiger partial charge is 0.346 e. The molecule has 124 valence electrons. The summed E-state index contributed by atoms with van der Waals surface area (Å²) >= 11 is 5.79. The van der Waals surface area contributed by atoms with Gasteiger partial charge in [-0.1, -0.05) is 25.4 Å². The molecular formula is C17H18ClN5O. The average Bonchev–Trinajstić information content (AvgIpc) is 2.95. The maximum Gasteiger partial charge on any atom is 0.253 e. The van der Waals surface area contributed by atoms with Crippen molar-refractivity contribution in [2.45, 2.75) is 26.9 Å². The molecule has 0 spiro atoms. The zero-order chi connectivity index (χ0) is 17.1. The molecule has 0 unspecified atom stereocenters. The van der Waals surface area contributed by atoms with Gasteiger partial charge in [-0.2, -0.15) is 0 Å². The fraction of sp³-hybridized carbons (Fsp3) is 0.294. The summed E-state index contributed by atoms with van der Waals surface area (Å²) in [5, 5.41) is 3.39. The van der Waals surface area contributed by atoms with Crippen molar-refractivity contribution in [3.8, 4) is 0 Å². The number of nitrogens with one attached hydrogen (secondary N) is 1. The molecule has 0 aliphatic carbocycles. The van der Waals surface area contributed by atoms with Crippen LogP contribution in [0.15, 0.2) is 36.9 Å². The van der Waals surface area contributed by atoms with Crippen molar-refractivity contribution in [3.63, 3.8) is 0 Å². The van der Waals surface area contributed by atoms with Gasteiger partial charge in [0.2, 0.25) is 0 Å². The Balaban J connectivity index is 1.71. The van der Waals surface area contributed by atoms with E-state index in [1.54, 1.807) is 36.9 Å². The second-order valence-corrected chi connectivity index (χ2v) is 6.44. The molecule has 0 aliphatic heterocycles. The average molecular weight is 344 g/mol. The van der Waals surface area contributed by atoms with Crippen LogP contribution >= 0.6 is 11.6 Å². The first kappa shape index (κ1) is 16.4. The molecule has 1 amide bonds. The van der Waals surface area contributed by atoms with Crippen LogP contribution in [0.5, 0.6) is 0 Å². The Morgan fingerprint density at radius 3 is 2.79 bits per heavy atom. The van der Waals surface area contributed by atoms with Gasteiger partial charge in [0.25, 0.3) is 5.91 Å². The number of imidazole rings is 1. The van der Waals surface area contributed by atoms with Crippen molar-refractivity contribution < 1.29 is 4.79 Å². The molecule has 7 heteroatoms. The van der Waals surface area contributed by atoms with E-state index >= 15 is 0 Å². The van der Waals surface area contributed by atoms with Gasteiger partial charge in [-0.05, 0) is 24.1 Å². The first-order valence-electron chi connectivity index (χ1n) is 7.72. The molecule has 24 heavy (non-hydrogen) atoms. The lowest BCUT2D eigenvalue weighted by Crippen LogP contribution is -2.23. The topological polar surface area (TPSA) is 72.7 Å². The lowest BCUT2D eigenvalue weighted by atomic mass is 10.2. The third-order valence-electron chi connectivity index (χ3n) is 3.50. The number of carbonyl (C=O) groups excluding carboxylic acids is 1. The van der Waals surface area contributed by atoms with E-state index in [2.05, 4.69) is 34.1 Å². The van der Waals surface area contributed by atoms with Gasteiger partial charge in [0.1, 0.15) is 5.52 Å². The van der Waals surface area contributed by atoms with E-state index in [1.807, 2.05) is 4.57 Å². The monoisotopic (exact) mass is 343 g/mol. The minimum atomic E-state index is -0.209. The highest BCUT2D eigenvalue weighted by atomic mass is 35.5. The first-order chi connectivity index (χ1) is 11.5. The van der Waals surface area contributed by atoms with Crippen LogP contribution in [0.25, 0.3) is 11.2 Å². The summed E-state index contributed by atoms with van der Waals surface area (Å²) in [5.74, 6) is 0.290. The zero-order valence-corrected chi connectivity index (χ0v) is 14.3. The minimum absolute atomic E-state index is 0.209. The molecule has 0 aromatic carbocycles. The molecule has 0 radical (unpaired) electrons. The van der Waals surface area contributed by atoms with Crippen LogP contribution in [0.2, 0.25) is 5.02 Å². The number of nitrogens with zero attached hydrogens (tertiary/aromatic N) is 4. The van der Waals surface area contributed by atoms with Crippen molar-refractivity contribution in [3.05, 3.63) is 53.2 Å². The van der Waals surface area contributed by atoms with Gasteiger partial charge in [-0.25, -0.2) is 9.97 Å². The number of amides is 1. The Bertz CT molecular complexity index is 857. The highest BCUT2D eigenvalue weighted by Crippen LogP contribution is 2.14. The first-order valence-corrected chi connectivity index (χ1v) is 8.10. The van der Waals surface area contributed by atoms with Crippen molar-refractivity contribution in [1.29, 1.82) is 0 Å². The summed E-state index contributed by atoms with van der Waals surface area (Å²) in [6, 6.07) is 5.27. The van der Waals surface area contributed by atoms with Gasteiger partial charge < -0.3 is 9.88 Å². The summed E-state index contributed by atoms with van der Waals surface area (Å²) < 4.78 is 2.00. The normalized spacial score (nSPS) is 11.2. The van der Waals surface area contributed by atoms with Crippen LogP contribution in [0.3, 0.4) is 0 Å². The Morgan fingerprint density at radius 2 is 2.08 bits per heavy atom. The highest BCUT2D eigenvalue weighted by molar-refractivity contribution is 6.30. The minimum Gasteiger partial charge on any atom is -0.346 e. The maximum atomic E-state index is 12.3. The number of pyridine rings is 2.